The van der Waals surface area contributed by atoms with Gasteiger partial charge in [0, 0.05) is 29.1 Å². The maximum absolute atomic E-state index is 12.7. The quantitative estimate of drug-likeness (QED) is 0.873. The molecule has 1 amide bonds. The van der Waals surface area contributed by atoms with Crippen LogP contribution >= 0.6 is 0 Å². The van der Waals surface area contributed by atoms with Gasteiger partial charge in [-0.1, -0.05) is 0 Å². The number of benzene rings is 1. The number of aromatic nitrogens is 1. The molecule has 2 heterocycles. The second-order valence-electron chi connectivity index (χ2n) is 5.88. The highest BCUT2D eigenvalue weighted by Gasteiger charge is 2.41. The lowest BCUT2D eigenvalue weighted by Crippen LogP contribution is -2.39. The number of hydrogen-bond acceptors (Lipinski definition) is 3. The molecule has 1 aliphatic rings. The summed E-state index contributed by atoms with van der Waals surface area (Å²) in [4.78, 5) is 29.6. The normalized spacial score (nSPS) is 16.1. The van der Waals surface area contributed by atoms with Crippen LogP contribution in [0.1, 0.15) is 32.0 Å². The van der Waals surface area contributed by atoms with Crippen molar-refractivity contribution in [3.8, 4) is 5.75 Å². The predicted molar refractivity (Wildman–Crippen MR) is 80.4 cm³/mol. The van der Waals surface area contributed by atoms with Crippen LogP contribution in [0.4, 0.5) is 0 Å². The maximum Gasteiger partial charge on any atom is 0.220 e. The molecule has 1 aromatic carbocycles. The Morgan fingerprint density at radius 1 is 1.38 bits per heavy atom. The van der Waals surface area contributed by atoms with Gasteiger partial charge in [0.2, 0.25) is 5.91 Å². The number of ether oxygens (including phenoxy) is 1. The van der Waals surface area contributed by atoms with E-state index in [0.717, 1.165) is 11.2 Å². The smallest absolute Gasteiger partial charge is 0.220 e. The van der Waals surface area contributed by atoms with Crippen molar-refractivity contribution in [2.45, 2.75) is 32.9 Å². The average molecular weight is 286 g/mol. The lowest BCUT2D eigenvalue weighted by molar-refractivity contribution is -0.134. The molecule has 5 nitrogen and oxygen atoms in total. The summed E-state index contributed by atoms with van der Waals surface area (Å²) in [5, 5.41) is 0.592. The summed E-state index contributed by atoms with van der Waals surface area (Å²) in [6.07, 6.45) is 0. The first-order chi connectivity index (χ1) is 9.86. The van der Waals surface area contributed by atoms with Crippen LogP contribution in [0.15, 0.2) is 23.0 Å². The summed E-state index contributed by atoms with van der Waals surface area (Å²) in [5.74, 6) is 0.610. The van der Waals surface area contributed by atoms with Crippen molar-refractivity contribution in [3.63, 3.8) is 0 Å². The second kappa shape index (κ2) is 4.35. The highest BCUT2D eigenvalue weighted by molar-refractivity contribution is 5.82. The Bertz CT molecular complexity index is 805. The zero-order chi connectivity index (χ0) is 15.4. The number of carbonyl (C=O) groups excluding carboxylic acids is 1. The number of H-pyrrole nitrogens is 1. The molecule has 0 aliphatic carbocycles. The minimum atomic E-state index is -0.506. The maximum atomic E-state index is 12.7. The van der Waals surface area contributed by atoms with E-state index >= 15 is 0 Å². The molecule has 1 N–H and O–H groups in total. The van der Waals surface area contributed by atoms with Crippen molar-refractivity contribution in [3.05, 3.63) is 39.7 Å². The number of aromatic amines is 1. The van der Waals surface area contributed by atoms with Gasteiger partial charge in [-0.25, -0.2) is 0 Å². The van der Waals surface area contributed by atoms with Crippen LogP contribution < -0.4 is 10.2 Å². The minimum Gasteiger partial charge on any atom is -0.497 e. The Morgan fingerprint density at radius 3 is 2.71 bits per heavy atom. The van der Waals surface area contributed by atoms with Gasteiger partial charge in [0.25, 0.3) is 0 Å². The summed E-state index contributed by atoms with van der Waals surface area (Å²) in [6.45, 7) is 5.78. The predicted octanol–water partition coefficient (Wildman–Crippen LogP) is 2.13. The highest BCUT2D eigenvalue weighted by atomic mass is 16.5. The van der Waals surface area contributed by atoms with Gasteiger partial charge in [-0.05, 0) is 32.0 Å². The number of rotatable bonds is 1. The lowest BCUT2D eigenvalue weighted by Gasteiger charge is -2.31. The molecule has 0 unspecified atom stereocenters. The van der Waals surface area contributed by atoms with Gasteiger partial charge in [-0.3, -0.25) is 9.59 Å². The third kappa shape index (κ3) is 1.84. The van der Waals surface area contributed by atoms with Gasteiger partial charge in [-0.15, -0.1) is 0 Å². The molecule has 0 saturated heterocycles. The summed E-state index contributed by atoms with van der Waals surface area (Å²) in [7, 11) is 1.57. The first-order valence-electron chi connectivity index (χ1n) is 6.88. The van der Waals surface area contributed by atoms with E-state index in [0.29, 0.717) is 23.2 Å². The highest BCUT2D eigenvalue weighted by Crippen LogP contribution is 2.37. The molecule has 0 saturated carbocycles. The largest absolute Gasteiger partial charge is 0.497 e. The summed E-state index contributed by atoms with van der Waals surface area (Å²) < 4.78 is 5.18. The minimum absolute atomic E-state index is 0.0329. The topological polar surface area (TPSA) is 62.4 Å². The fraction of sp³-hybridized carbons (Fsp3) is 0.375. The van der Waals surface area contributed by atoms with Crippen LogP contribution in [0.2, 0.25) is 0 Å². The molecule has 0 atom stereocenters. The monoisotopic (exact) mass is 286 g/mol. The lowest BCUT2D eigenvalue weighted by atomic mass is 9.98. The number of pyridine rings is 1. The number of nitrogens with one attached hydrogen (secondary N) is 1. The van der Waals surface area contributed by atoms with Crippen molar-refractivity contribution in [2.75, 3.05) is 7.11 Å². The van der Waals surface area contributed by atoms with Crippen molar-refractivity contribution in [1.29, 1.82) is 0 Å². The molecule has 0 bridgehead atoms. The number of hydrogen-bond donors (Lipinski definition) is 1. The molecular formula is C16H18N2O3. The van der Waals surface area contributed by atoms with Crippen LogP contribution in [0.25, 0.3) is 10.9 Å². The Balaban J connectivity index is 2.31. The average Bonchev–Trinajstić information content (AvgIpc) is 2.71. The first kappa shape index (κ1) is 13.7. The van der Waals surface area contributed by atoms with E-state index in [-0.39, 0.29) is 11.3 Å². The van der Waals surface area contributed by atoms with Crippen molar-refractivity contribution in [2.24, 2.45) is 0 Å². The third-order valence-corrected chi connectivity index (χ3v) is 4.29. The Labute approximate surface area is 122 Å². The van der Waals surface area contributed by atoms with E-state index < -0.39 is 5.54 Å². The molecule has 2 aromatic rings. The molecule has 3 rings (SSSR count). The van der Waals surface area contributed by atoms with E-state index in [1.807, 2.05) is 26.0 Å². The van der Waals surface area contributed by atoms with Gasteiger partial charge in [0.1, 0.15) is 5.75 Å². The Hall–Kier alpha value is -2.30. The summed E-state index contributed by atoms with van der Waals surface area (Å²) >= 11 is 0. The zero-order valence-electron chi connectivity index (χ0n) is 12.6. The van der Waals surface area contributed by atoms with E-state index in [1.54, 1.807) is 18.1 Å². The number of fused-ring (bicyclic) bond motifs is 2. The fourth-order valence-corrected chi connectivity index (χ4v) is 3.10. The number of amides is 1. The van der Waals surface area contributed by atoms with Crippen molar-refractivity contribution >= 4 is 16.8 Å². The van der Waals surface area contributed by atoms with E-state index in [2.05, 4.69) is 4.98 Å². The number of methoxy groups -OCH3 is 1. The van der Waals surface area contributed by atoms with Gasteiger partial charge < -0.3 is 14.6 Å². The van der Waals surface area contributed by atoms with E-state index in [1.165, 1.54) is 6.92 Å². The number of nitrogens with zero attached hydrogens (tertiary/aromatic N) is 1. The van der Waals surface area contributed by atoms with Gasteiger partial charge >= 0.3 is 0 Å². The van der Waals surface area contributed by atoms with Crippen molar-refractivity contribution in [1.82, 2.24) is 9.88 Å². The molecule has 5 heteroatoms. The summed E-state index contributed by atoms with van der Waals surface area (Å²) in [5.41, 5.74) is 1.71. The second-order valence-corrected chi connectivity index (χ2v) is 5.88. The van der Waals surface area contributed by atoms with Crippen LogP contribution in [0.3, 0.4) is 0 Å². The van der Waals surface area contributed by atoms with Crippen LogP contribution in [-0.4, -0.2) is 22.9 Å². The van der Waals surface area contributed by atoms with Gasteiger partial charge in [0.05, 0.1) is 19.2 Å². The third-order valence-electron chi connectivity index (χ3n) is 4.29. The van der Waals surface area contributed by atoms with Gasteiger partial charge in [0.15, 0.2) is 5.43 Å². The molecule has 0 fully saturated rings. The van der Waals surface area contributed by atoms with E-state index in [4.69, 9.17) is 4.74 Å². The van der Waals surface area contributed by atoms with Crippen molar-refractivity contribution < 1.29 is 9.53 Å². The van der Waals surface area contributed by atoms with Crippen LogP contribution in [0.5, 0.6) is 5.75 Å². The molecule has 0 radical (unpaired) electrons. The number of carbonyl (C=O) groups is 1. The SMILES string of the molecule is COc1ccc2[nH]c3c(c(=O)c2c1)CN(C(C)=O)C3(C)C. The van der Waals surface area contributed by atoms with E-state index in [9.17, 15) is 9.59 Å². The van der Waals surface area contributed by atoms with Crippen LogP contribution in [0, 0.1) is 0 Å². The molecule has 21 heavy (non-hydrogen) atoms. The molecule has 1 aromatic heterocycles. The Kier molecular flexibility index (Phi) is 2.83. The molecule has 110 valence electrons. The molecular weight excluding hydrogens is 268 g/mol. The fourth-order valence-electron chi connectivity index (χ4n) is 3.10. The standard InChI is InChI=1S/C16H18N2O3/c1-9(19)18-8-12-14(20)11-7-10(21-4)5-6-13(11)17-15(12)16(18,2)3/h5-7H,8H2,1-4H3,(H,17,20). The molecule has 1 aliphatic heterocycles. The Morgan fingerprint density at radius 2 is 2.10 bits per heavy atom. The zero-order valence-corrected chi connectivity index (χ0v) is 12.6. The summed E-state index contributed by atoms with van der Waals surface area (Å²) in [6, 6.07) is 5.38. The van der Waals surface area contributed by atoms with Crippen LogP contribution in [-0.2, 0) is 16.9 Å². The van der Waals surface area contributed by atoms with Gasteiger partial charge in [-0.2, -0.15) is 0 Å². The first-order valence-corrected chi connectivity index (χ1v) is 6.88. The molecule has 0 spiro atoms.